The number of aromatic nitrogens is 1. The van der Waals surface area contributed by atoms with Crippen molar-refractivity contribution in [2.24, 2.45) is 0 Å². The molecule has 0 bridgehead atoms. The van der Waals surface area contributed by atoms with Crippen LogP contribution < -0.4 is 0 Å². The molecule has 11 heavy (non-hydrogen) atoms. The lowest BCUT2D eigenvalue weighted by molar-refractivity contribution is 1.31. The van der Waals surface area contributed by atoms with Crippen molar-refractivity contribution in [1.82, 2.24) is 4.98 Å². The molecule has 2 nitrogen and oxygen atoms in total. The molecule has 0 spiro atoms. The smallest absolute Gasteiger partial charge is 0.0992 e. The summed E-state index contributed by atoms with van der Waals surface area (Å²) in [5.41, 5.74) is 0.930. The molecule has 3 heteroatoms. The van der Waals surface area contributed by atoms with Gasteiger partial charge in [0.25, 0.3) is 0 Å². The Hall–Kier alpha value is -1.33. The quantitative estimate of drug-likeness (QED) is 0.597. The predicted octanol–water partition coefficient (Wildman–Crippen LogP) is 2.27. The van der Waals surface area contributed by atoms with Gasteiger partial charge in [0.05, 0.1) is 16.7 Å². The number of halogens is 1. The molecule has 54 valence electrons. The molecule has 0 aliphatic rings. The Kier molecular flexibility index (Phi) is 2.25. The molecule has 1 heterocycles. The second kappa shape index (κ2) is 3.18. The SMILES string of the molecule is C=C(C#N)c1cnccc1Cl. The third-order valence-corrected chi connectivity index (χ3v) is 1.56. The fourth-order valence-electron chi connectivity index (χ4n) is 0.660. The van der Waals surface area contributed by atoms with E-state index in [1.807, 2.05) is 6.07 Å². The van der Waals surface area contributed by atoms with Crippen LogP contribution in [0.4, 0.5) is 0 Å². The molecule has 1 aromatic heterocycles. The van der Waals surface area contributed by atoms with Crippen LogP contribution in [0.15, 0.2) is 25.0 Å². The first-order valence-electron chi connectivity index (χ1n) is 2.94. The maximum atomic E-state index is 8.48. The zero-order chi connectivity index (χ0) is 8.27. The summed E-state index contributed by atoms with van der Waals surface area (Å²) >= 11 is 5.75. The van der Waals surface area contributed by atoms with Gasteiger partial charge in [0, 0.05) is 18.0 Å². The van der Waals surface area contributed by atoms with E-state index in [4.69, 9.17) is 16.9 Å². The van der Waals surface area contributed by atoms with Crippen LogP contribution in [0.25, 0.3) is 5.57 Å². The number of hydrogen-bond donors (Lipinski definition) is 0. The third-order valence-electron chi connectivity index (χ3n) is 1.23. The molecule has 0 atom stereocenters. The molecule has 0 saturated carbocycles. The number of nitrogens with zero attached hydrogens (tertiary/aromatic N) is 2. The molecule has 0 saturated heterocycles. The second-order valence-corrected chi connectivity index (χ2v) is 2.35. The van der Waals surface area contributed by atoms with Crippen molar-refractivity contribution in [3.05, 3.63) is 35.6 Å². The molecule has 1 rings (SSSR count). The topological polar surface area (TPSA) is 36.7 Å². The minimum absolute atomic E-state index is 0.336. The van der Waals surface area contributed by atoms with Gasteiger partial charge >= 0.3 is 0 Å². The summed E-state index contributed by atoms with van der Waals surface area (Å²) in [4.78, 5) is 3.82. The average molecular weight is 165 g/mol. The van der Waals surface area contributed by atoms with Crippen LogP contribution in [0, 0.1) is 11.3 Å². The van der Waals surface area contributed by atoms with Crippen LogP contribution in [0.2, 0.25) is 5.02 Å². The summed E-state index contributed by atoms with van der Waals surface area (Å²) in [6.07, 6.45) is 3.09. The van der Waals surface area contributed by atoms with E-state index in [1.54, 1.807) is 12.3 Å². The van der Waals surface area contributed by atoms with E-state index in [0.717, 1.165) is 0 Å². The van der Waals surface area contributed by atoms with Crippen LogP contribution in [0.5, 0.6) is 0 Å². The van der Waals surface area contributed by atoms with Crippen molar-refractivity contribution < 1.29 is 0 Å². The lowest BCUT2D eigenvalue weighted by Gasteiger charge is -1.97. The Morgan fingerprint density at radius 3 is 3.00 bits per heavy atom. The van der Waals surface area contributed by atoms with Crippen molar-refractivity contribution in [1.29, 1.82) is 5.26 Å². The van der Waals surface area contributed by atoms with Crippen LogP contribution >= 0.6 is 11.6 Å². The number of allylic oxidation sites excluding steroid dienone is 1. The van der Waals surface area contributed by atoms with Gasteiger partial charge < -0.3 is 0 Å². The van der Waals surface area contributed by atoms with Crippen molar-refractivity contribution in [3.63, 3.8) is 0 Å². The second-order valence-electron chi connectivity index (χ2n) is 1.95. The summed E-state index contributed by atoms with van der Waals surface area (Å²) < 4.78 is 0. The first kappa shape index (κ1) is 7.77. The highest BCUT2D eigenvalue weighted by Crippen LogP contribution is 2.19. The van der Waals surface area contributed by atoms with E-state index in [1.165, 1.54) is 6.20 Å². The fraction of sp³-hybridized carbons (Fsp3) is 0. The predicted molar refractivity (Wildman–Crippen MR) is 43.9 cm³/mol. The van der Waals surface area contributed by atoms with Crippen LogP contribution in [-0.4, -0.2) is 4.98 Å². The first-order chi connectivity index (χ1) is 5.25. The van der Waals surface area contributed by atoms with Crippen molar-refractivity contribution in [2.75, 3.05) is 0 Å². The monoisotopic (exact) mass is 164 g/mol. The Morgan fingerprint density at radius 1 is 1.73 bits per heavy atom. The fourth-order valence-corrected chi connectivity index (χ4v) is 0.879. The summed E-state index contributed by atoms with van der Waals surface area (Å²) in [6, 6.07) is 3.53. The largest absolute Gasteiger partial charge is 0.264 e. The van der Waals surface area contributed by atoms with Crippen molar-refractivity contribution in [3.8, 4) is 6.07 Å². The molecule has 0 aliphatic heterocycles. The van der Waals surface area contributed by atoms with Gasteiger partial charge in [0.2, 0.25) is 0 Å². The Bertz CT molecular complexity index is 325. The molecule has 0 aliphatic carbocycles. The summed E-state index contributed by atoms with van der Waals surface area (Å²) in [7, 11) is 0. The zero-order valence-electron chi connectivity index (χ0n) is 5.71. The van der Waals surface area contributed by atoms with E-state index in [9.17, 15) is 0 Å². The standard InChI is InChI=1S/C8H5ClN2/c1-6(4-10)7-5-11-3-2-8(7)9/h2-3,5H,1H2. The molecule has 0 N–H and O–H groups in total. The Balaban J connectivity index is 3.16. The van der Waals surface area contributed by atoms with Gasteiger partial charge in [-0.3, -0.25) is 4.98 Å². The number of nitriles is 1. The minimum Gasteiger partial charge on any atom is -0.264 e. The molecule has 0 radical (unpaired) electrons. The molecular formula is C8H5ClN2. The molecule has 0 aromatic carbocycles. The lowest BCUT2D eigenvalue weighted by Crippen LogP contribution is -1.82. The molecule has 0 unspecified atom stereocenters. The van der Waals surface area contributed by atoms with Gasteiger partial charge in [-0.1, -0.05) is 18.2 Å². The average Bonchev–Trinajstić information content (AvgIpc) is 2.04. The van der Waals surface area contributed by atoms with Crippen LogP contribution in [-0.2, 0) is 0 Å². The van der Waals surface area contributed by atoms with Gasteiger partial charge in [0.15, 0.2) is 0 Å². The van der Waals surface area contributed by atoms with E-state index in [0.29, 0.717) is 16.2 Å². The van der Waals surface area contributed by atoms with Crippen molar-refractivity contribution in [2.45, 2.75) is 0 Å². The van der Waals surface area contributed by atoms with Crippen molar-refractivity contribution >= 4 is 17.2 Å². The normalized spacial score (nSPS) is 8.73. The number of pyridine rings is 1. The highest BCUT2D eigenvalue weighted by molar-refractivity contribution is 6.32. The highest BCUT2D eigenvalue weighted by Gasteiger charge is 2.01. The molecule has 0 fully saturated rings. The number of rotatable bonds is 1. The maximum absolute atomic E-state index is 8.48. The van der Waals surface area contributed by atoms with Crippen LogP contribution in [0.1, 0.15) is 5.56 Å². The van der Waals surface area contributed by atoms with Gasteiger partial charge in [-0.25, -0.2) is 0 Å². The van der Waals surface area contributed by atoms with Crippen LogP contribution in [0.3, 0.4) is 0 Å². The zero-order valence-corrected chi connectivity index (χ0v) is 6.47. The maximum Gasteiger partial charge on any atom is 0.0992 e. The molecular weight excluding hydrogens is 160 g/mol. The van der Waals surface area contributed by atoms with Gasteiger partial charge in [-0.2, -0.15) is 5.26 Å². The Labute approximate surface area is 69.8 Å². The summed E-state index contributed by atoms with van der Waals surface area (Å²) in [5.74, 6) is 0. The molecule has 0 amide bonds. The third kappa shape index (κ3) is 1.57. The van der Waals surface area contributed by atoms with E-state index in [2.05, 4.69) is 11.6 Å². The highest BCUT2D eigenvalue weighted by atomic mass is 35.5. The van der Waals surface area contributed by atoms with E-state index >= 15 is 0 Å². The lowest BCUT2D eigenvalue weighted by atomic mass is 10.1. The molecule has 1 aromatic rings. The summed E-state index contributed by atoms with van der Waals surface area (Å²) in [6.45, 7) is 3.52. The number of hydrogen-bond acceptors (Lipinski definition) is 2. The van der Waals surface area contributed by atoms with Gasteiger partial charge in [-0.05, 0) is 6.07 Å². The minimum atomic E-state index is 0.336. The van der Waals surface area contributed by atoms with Gasteiger partial charge in [0.1, 0.15) is 0 Å². The van der Waals surface area contributed by atoms with E-state index < -0.39 is 0 Å². The Morgan fingerprint density at radius 2 is 2.45 bits per heavy atom. The van der Waals surface area contributed by atoms with E-state index in [-0.39, 0.29) is 0 Å². The first-order valence-corrected chi connectivity index (χ1v) is 3.32. The summed E-state index contributed by atoms with van der Waals surface area (Å²) in [5, 5.41) is 8.98. The van der Waals surface area contributed by atoms with Gasteiger partial charge in [-0.15, -0.1) is 0 Å².